The molecular formula is C46H32N6Na2O10S2. The van der Waals surface area contributed by atoms with Gasteiger partial charge < -0.3 is 38.7 Å². The maximum atomic E-state index is 12.6. The molecule has 0 aliphatic carbocycles. The van der Waals surface area contributed by atoms with E-state index in [4.69, 9.17) is 18.9 Å². The third-order valence-corrected chi connectivity index (χ3v) is 10.6. The summed E-state index contributed by atoms with van der Waals surface area (Å²) in [5.41, 5.74) is 0.0300. The molecule has 0 radical (unpaired) electrons. The summed E-state index contributed by atoms with van der Waals surface area (Å²) < 4.78 is 99.3. The predicted octanol–water partition coefficient (Wildman–Crippen LogP) is 3.91. The monoisotopic (exact) mass is 938 g/mol. The molecule has 0 saturated carbocycles. The fraction of sp³-hybridized carbons (Fsp3) is 0. The van der Waals surface area contributed by atoms with Crippen molar-refractivity contribution in [2.24, 2.45) is 0 Å². The van der Waals surface area contributed by atoms with E-state index in [9.17, 15) is 25.9 Å². The summed E-state index contributed by atoms with van der Waals surface area (Å²) in [6, 6.07) is 43.1. The second kappa shape index (κ2) is 22.4. The smallest absolute Gasteiger partial charge is 0.744 e. The van der Waals surface area contributed by atoms with E-state index >= 15 is 0 Å². The standard InChI is InChI=1S/C46H34N6O10S2.2Na/c53-63(54,55)41-27-33(49-45-47-29-39(59-35-13-5-1-6-14-35)43(51-45)61-37-17-9-3-10-18-37)25-23-31(41)21-22-32-24-26-34(28-42(32)64(56,57)58)50-46-48-30-40(60-36-15-7-2-8-16-36)44(52-46)62-38-19-11-4-12-20-38;;/h1-30H,(H,47,49,51)(H,48,50,52)(H,53,54,55)(H,56,57,58);;/q;2*+1/p-2. The summed E-state index contributed by atoms with van der Waals surface area (Å²) >= 11 is 0. The summed E-state index contributed by atoms with van der Waals surface area (Å²) in [6.45, 7) is 0. The molecule has 2 N–H and O–H groups in total. The molecule has 8 rings (SSSR count). The third-order valence-electron chi connectivity index (χ3n) is 8.82. The summed E-state index contributed by atoms with van der Waals surface area (Å²) in [7, 11) is -10.2. The van der Waals surface area contributed by atoms with Crippen molar-refractivity contribution in [3.8, 4) is 46.3 Å². The summed E-state index contributed by atoms with van der Waals surface area (Å²) in [4.78, 5) is 16.1. The van der Waals surface area contributed by atoms with Crippen molar-refractivity contribution in [1.29, 1.82) is 0 Å². The maximum absolute atomic E-state index is 12.6. The number of aromatic nitrogens is 4. The van der Waals surface area contributed by atoms with E-state index in [-0.39, 0.29) is 117 Å². The van der Waals surface area contributed by atoms with Gasteiger partial charge in [-0.05, 0) is 83.9 Å². The molecule has 0 saturated heterocycles. The first kappa shape index (κ1) is 49.3. The van der Waals surface area contributed by atoms with Crippen molar-refractivity contribution < 1.29 is 104 Å². The van der Waals surface area contributed by atoms with Gasteiger partial charge in [-0.2, -0.15) is 9.97 Å². The number of nitrogens with zero attached hydrogens (tertiary/aromatic N) is 4. The molecule has 320 valence electrons. The second-order valence-electron chi connectivity index (χ2n) is 13.4. The van der Waals surface area contributed by atoms with Crippen molar-refractivity contribution in [3.63, 3.8) is 0 Å². The Kier molecular flexibility index (Phi) is 16.7. The van der Waals surface area contributed by atoms with Crippen LogP contribution in [0, 0.1) is 0 Å². The number of ether oxygens (including phenoxy) is 4. The van der Waals surface area contributed by atoms with Crippen molar-refractivity contribution in [2.45, 2.75) is 9.79 Å². The SMILES string of the molecule is O=S(=O)([O-])c1cc(Nc2ncc(Oc3ccccc3)c(Oc3ccccc3)n2)ccc1C=Cc1ccc(Nc2ncc(Oc3ccccc3)c(Oc3ccccc3)n2)cc1S(=O)(=O)[O-].[Na+].[Na+]. The molecule has 0 amide bonds. The third kappa shape index (κ3) is 13.2. The molecule has 0 bridgehead atoms. The molecule has 2 aromatic heterocycles. The molecule has 6 aromatic carbocycles. The van der Waals surface area contributed by atoms with Crippen LogP contribution in [0.3, 0.4) is 0 Å². The number of anilines is 4. The zero-order valence-electron chi connectivity index (χ0n) is 35.0. The van der Waals surface area contributed by atoms with Crippen LogP contribution >= 0.6 is 0 Å². The van der Waals surface area contributed by atoms with Gasteiger partial charge in [-0.25, -0.2) is 26.8 Å². The van der Waals surface area contributed by atoms with Gasteiger partial charge >= 0.3 is 59.1 Å². The van der Waals surface area contributed by atoms with Crippen LogP contribution < -0.4 is 88.7 Å². The molecular weight excluding hydrogens is 907 g/mol. The van der Waals surface area contributed by atoms with Crippen LogP contribution in [0.25, 0.3) is 12.2 Å². The van der Waals surface area contributed by atoms with Gasteiger partial charge in [0.15, 0.2) is 0 Å². The fourth-order valence-corrected chi connectivity index (χ4v) is 7.31. The Morgan fingerprint density at radius 3 is 1.08 bits per heavy atom. The van der Waals surface area contributed by atoms with Crippen molar-refractivity contribution >= 4 is 55.7 Å². The van der Waals surface area contributed by atoms with E-state index < -0.39 is 30.0 Å². The minimum atomic E-state index is -5.12. The van der Waals surface area contributed by atoms with Crippen LogP contribution in [0.4, 0.5) is 23.3 Å². The topological polar surface area (TPSA) is 227 Å². The quantitative estimate of drug-likeness (QED) is 0.0796. The van der Waals surface area contributed by atoms with E-state index in [1.54, 1.807) is 97.1 Å². The average molecular weight is 939 g/mol. The normalized spacial score (nSPS) is 11.1. The first-order valence-electron chi connectivity index (χ1n) is 19.0. The predicted molar refractivity (Wildman–Crippen MR) is 234 cm³/mol. The van der Waals surface area contributed by atoms with Crippen LogP contribution in [0.2, 0.25) is 0 Å². The molecule has 66 heavy (non-hydrogen) atoms. The van der Waals surface area contributed by atoms with Gasteiger partial charge in [0.05, 0.1) is 22.2 Å². The van der Waals surface area contributed by atoms with Crippen molar-refractivity contribution in [3.05, 3.63) is 181 Å². The molecule has 0 aliphatic rings. The Bertz CT molecular complexity index is 2970. The largest absolute Gasteiger partial charge is 1.00 e. The van der Waals surface area contributed by atoms with Gasteiger partial charge in [0.1, 0.15) is 43.2 Å². The number of hydrogen-bond donors (Lipinski definition) is 2. The first-order chi connectivity index (χ1) is 30.9. The number of nitrogens with one attached hydrogen (secondary N) is 2. The van der Waals surface area contributed by atoms with E-state index in [0.29, 0.717) is 23.0 Å². The second-order valence-corrected chi connectivity index (χ2v) is 16.1. The molecule has 0 aliphatic heterocycles. The van der Waals surface area contributed by atoms with Gasteiger partial charge in [0, 0.05) is 11.4 Å². The van der Waals surface area contributed by atoms with Gasteiger partial charge in [0.2, 0.25) is 23.4 Å². The van der Waals surface area contributed by atoms with Crippen LogP contribution in [0.1, 0.15) is 11.1 Å². The van der Waals surface area contributed by atoms with Crippen molar-refractivity contribution in [2.75, 3.05) is 10.6 Å². The molecule has 16 nitrogen and oxygen atoms in total. The molecule has 0 unspecified atom stereocenters. The number of para-hydroxylation sites is 4. The fourth-order valence-electron chi connectivity index (χ4n) is 5.92. The molecule has 2 heterocycles. The summed E-state index contributed by atoms with van der Waals surface area (Å²) in [5.74, 6) is 2.31. The Labute approximate surface area is 423 Å². The van der Waals surface area contributed by atoms with Gasteiger partial charge in [-0.1, -0.05) is 97.1 Å². The van der Waals surface area contributed by atoms with E-state index in [1.165, 1.54) is 48.8 Å². The molecule has 0 spiro atoms. The van der Waals surface area contributed by atoms with Crippen LogP contribution in [-0.4, -0.2) is 45.9 Å². The van der Waals surface area contributed by atoms with Gasteiger partial charge in [-0.15, -0.1) is 0 Å². The summed E-state index contributed by atoms with van der Waals surface area (Å²) in [6.07, 6.45) is 5.14. The van der Waals surface area contributed by atoms with Gasteiger partial charge in [0.25, 0.3) is 11.8 Å². The average Bonchev–Trinajstić information content (AvgIpc) is 3.29. The van der Waals surface area contributed by atoms with E-state index in [0.717, 1.165) is 12.1 Å². The number of hydrogen-bond acceptors (Lipinski definition) is 16. The molecule has 0 fully saturated rings. The van der Waals surface area contributed by atoms with E-state index in [1.807, 2.05) is 24.3 Å². The number of rotatable bonds is 16. The Hall–Kier alpha value is -6.16. The zero-order chi connectivity index (χ0) is 44.5. The molecule has 20 heteroatoms. The van der Waals surface area contributed by atoms with Crippen LogP contribution in [-0.2, 0) is 20.2 Å². The first-order valence-corrected chi connectivity index (χ1v) is 21.8. The van der Waals surface area contributed by atoms with Gasteiger partial charge in [-0.3, -0.25) is 0 Å². The molecule has 0 atom stereocenters. The van der Waals surface area contributed by atoms with Crippen molar-refractivity contribution in [1.82, 2.24) is 19.9 Å². The maximum Gasteiger partial charge on any atom is 1.00 e. The number of benzene rings is 6. The Morgan fingerprint density at radius 1 is 0.439 bits per heavy atom. The Balaban J connectivity index is 0.00000360. The Morgan fingerprint density at radius 2 is 0.758 bits per heavy atom. The molecule has 8 aromatic rings. The zero-order valence-corrected chi connectivity index (χ0v) is 40.6. The summed E-state index contributed by atoms with van der Waals surface area (Å²) in [5, 5.41) is 5.76. The minimum absolute atomic E-state index is 0. The van der Waals surface area contributed by atoms with Crippen LogP contribution in [0.5, 0.6) is 46.3 Å². The minimum Gasteiger partial charge on any atom is -0.744 e. The van der Waals surface area contributed by atoms with Crippen LogP contribution in [0.15, 0.2) is 180 Å². The van der Waals surface area contributed by atoms with E-state index in [2.05, 4.69) is 30.6 Å².